The fourth-order valence-electron chi connectivity index (χ4n) is 2.92. The summed E-state index contributed by atoms with van der Waals surface area (Å²) in [5.41, 5.74) is 0.0863. The molecule has 2 rings (SSSR count). The number of nitrogens with zero attached hydrogens (tertiary/aromatic N) is 2. The summed E-state index contributed by atoms with van der Waals surface area (Å²) in [6.45, 7) is 7.16. The Kier molecular flexibility index (Phi) is 7.84. The van der Waals surface area contributed by atoms with Gasteiger partial charge in [0.25, 0.3) is 0 Å². The van der Waals surface area contributed by atoms with E-state index < -0.39 is 29.5 Å². The molecule has 0 bridgehead atoms. The zero-order chi connectivity index (χ0) is 23.2. The Morgan fingerprint density at radius 1 is 1.06 bits per heavy atom. The van der Waals surface area contributed by atoms with E-state index in [4.69, 9.17) is 4.74 Å². The highest BCUT2D eigenvalue weighted by Crippen LogP contribution is 2.29. The lowest BCUT2D eigenvalue weighted by Crippen LogP contribution is -2.50. The number of esters is 2. The topological polar surface area (TPSA) is 97.4 Å². The van der Waals surface area contributed by atoms with Crippen molar-refractivity contribution in [1.82, 2.24) is 4.90 Å². The molecule has 0 atom stereocenters. The van der Waals surface area contributed by atoms with Crippen LogP contribution in [0.1, 0.15) is 20.8 Å². The van der Waals surface area contributed by atoms with Gasteiger partial charge in [0, 0.05) is 26.2 Å². The molecule has 1 amide bonds. The zero-order valence-electron chi connectivity index (χ0n) is 18.4. The van der Waals surface area contributed by atoms with Crippen molar-refractivity contribution in [3.8, 4) is 0 Å². The molecule has 170 valence electrons. The van der Waals surface area contributed by atoms with Crippen molar-refractivity contribution in [2.45, 2.75) is 26.4 Å². The average molecular weight is 437 g/mol. The van der Waals surface area contributed by atoms with Crippen molar-refractivity contribution in [1.29, 1.82) is 0 Å². The second-order valence-electron chi connectivity index (χ2n) is 7.81. The summed E-state index contributed by atoms with van der Waals surface area (Å²) in [7, 11) is 2.34. The van der Waals surface area contributed by atoms with Gasteiger partial charge in [0.1, 0.15) is 17.1 Å². The largest absolute Gasteiger partial charge is 0.466 e. The lowest BCUT2D eigenvalue weighted by Gasteiger charge is -2.37. The van der Waals surface area contributed by atoms with Gasteiger partial charge in [-0.05, 0) is 39.0 Å². The Hall–Kier alpha value is -3.30. The maximum Gasteiger partial charge on any atom is 0.410 e. The average Bonchev–Trinajstić information content (AvgIpc) is 2.71. The molecule has 0 unspecified atom stereocenters. The maximum atomic E-state index is 13.9. The van der Waals surface area contributed by atoms with E-state index in [2.05, 4.69) is 14.8 Å². The minimum Gasteiger partial charge on any atom is -0.466 e. The molecule has 1 aliphatic rings. The normalized spacial score (nSPS) is 14.7. The number of hydrogen-bond donors (Lipinski definition) is 1. The third-order valence-corrected chi connectivity index (χ3v) is 4.37. The summed E-state index contributed by atoms with van der Waals surface area (Å²) in [6.07, 6.45) is 0.541. The van der Waals surface area contributed by atoms with Gasteiger partial charge in [-0.2, -0.15) is 0 Å². The van der Waals surface area contributed by atoms with Gasteiger partial charge in [0.2, 0.25) is 0 Å². The number of hydrogen-bond acceptors (Lipinski definition) is 8. The Balaban J connectivity index is 2.20. The number of piperazine rings is 1. The molecule has 1 saturated heterocycles. The minimum atomic E-state index is -0.810. The standard InChI is InChI=1S/C21H28FN3O6/c1-21(2,3)31-20(28)25-10-8-24(9-11-25)17-7-6-14(22)12-15(17)23-16(19(27)30-5)13-18(26)29-4/h6-7,12-13,23H,8-11H2,1-5H3/b16-13+. The number of nitrogens with one attached hydrogen (secondary N) is 1. The summed E-state index contributed by atoms with van der Waals surface area (Å²) >= 11 is 0. The van der Waals surface area contributed by atoms with E-state index in [0.717, 1.165) is 13.2 Å². The smallest absolute Gasteiger partial charge is 0.410 e. The Morgan fingerprint density at radius 3 is 2.26 bits per heavy atom. The van der Waals surface area contributed by atoms with Crippen LogP contribution in [0.25, 0.3) is 0 Å². The number of rotatable bonds is 5. The first-order chi connectivity index (χ1) is 14.5. The number of halogens is 1. The van der Waals surface area contributed by atoms with Crippen molar-refractivity contribution in [3.63, 3.8) is 0 Å². The van der Waals surface area contributed by atoms with Gasteiger partial charge in [-0.1, -0.05) is 0 Å². The van der Waals surface area contributed by atoms with E-state index in [1.54, 1.807) is 31.7 Å². The summed E-state index contributed by atoms with van der Waals surface area (Å²) in [5, 5.41) is 2.77. The van der Waals surface area contributed by atoms with E-state index in [1.807, 2.05) is 4.90 Å². The fraction of sp³-hybridized carbons (Fsp3) is 0.476. The lowest BCUT2D eigenvalue weighted by molar-refractivity contribution is -0.138. The van der Waals surface area contributed by atoms with Crippen LogP contribution in [0.2, 0.25) is 0 Å². The highest BCUT2D eigenvalue weighted by atomic mass is 19.1. The molecule has 1 heterocycles. The van der Waals surface area contributed by atoms with Crippen LogP contribution < -0.4 is 10.2 Å². The fourth-order valence-corrected chi connectivity index (χ4v) is 2.92. The van der Waals surface area contributed by atoms with Gasteiger partial charge in [0.15, 0.2) is 0 Å². The van der Waals surface area contributed by atoms with Crippen LogP contribution in [0.3, 0.4) is 0 Å². The first-order valence-corrected chi connectivity index (χ1v) is 9.71. The highest BCUT2D eigenvalue weighted by molar-refractivity contribution is 5.99. The van der Waals surface area contributed by atoms with Crippen molar-refractivity contribution in [3.05, 3.63) is 35.8 Å². The molecule has 0 spiro atoms. The van der Waals surface area contributed by atoms with Crippen LogP contribution in [-0.4, -0.2) is 68.9 Å². The molecule has 0 saturated carbocycles. The lowest BCUT2D eigenvalue weighted by atomic mass is 10.2. The number of amides is 1. The van der Waals surface area contributed by atoms with Gasteiger partial charge in [-0.25, -0.2) is 18.8 Å². The van der Waals surface area contributed by atoms with Gasteiger partial charge >= 0.3 is 18.0 Å². The molecular formula is C21H28FN3O6. The van der Waals surface area contributed by atoms with Gasteiger partial charge in [-0.3, -0.25) is 0 Å². The highest BCUT2D eigenvalue weighted by Gasteiger charge is 2.27. The number of carbonyl (C=O) groups is 3. The molecule has 1 aromatic rings. The molecule has 31 heavy (non-hydrogen) atoms. The molecular weight excluding hydrogens is 409 g/mol. The predicted octanol–water partition coefficient (Wildman–Crippen LogP) is 2.52. The summed E-state index contributed by atoms with van der Waals surface area (Å²) in [4.78, 5) is 39.5. The third-order valence-electron chi connectivity index (χ3n) is 4.37. The molecule has 10 heteroatoms. The number of anilines is 2. The van der Waals surface area contributed by atoms with Crippen LogP contribution in [-0.2, 0) is 23.8 Å². The van der Waals surface area contributed by atoms with Gasteiger partial charge in [0.05, 0.1) is 31.7 Å². The number of ether oxygens (including phenoxy) is 3. The summed E-state index contributed by atoms with van der Waals surface area (Å²) in [6, 6.07) is 4.07. The monoisotopic (exact) mass is 437 g/mol. The van der Waals surface area contributed by atoms with E-state index in [9.17, 15) is 18.8 Å². The quantitative estimate of drug-likeness (QED) is 0.426. The molecule has 1 N–H and O–H groups in total. The molecule has 0 aliphatic carbocycles. The van der Waals surface area contributed by atoms with Crippen LogP contribution in [0.4, 0.5) is 20.6 Å². The predicted molar refractivity (Wildman–Crippen MR) is 112 cm³/mol. The second kappa shape index (κ2) is 10.1. The van der Waals surface area contributed by atoms with Crippen molar-refractivity contribution < 1.29 is 33.0 Å². The molecule has 0 aromatic heterocycles. The number of methoxy groups -OCH3 is 2. The Bertz CT molecular complexity index is 857. The van der Waals surface area contributed by atoms with E-state index in [-0.39, 0.29) is 11.4 Å². The number of benzene rings is 1. The van der Waals surface area contributed by atoms with Crippen molar-refractivity contribution in [2.75, 3.05) is 50.6 Å². The molecule has 1 aromatic carbocycles. The van der Waals surface area contributed by atoms with E-state index in [0.29, 0.717) is 31.9 Å². The van der Waals surface area contributed by atoms with Crippen molar-refractivity contribution >= 4 is 29.4 Å². The molecule has 1 fully saturated rings. The molecule has 9 nitrogen and oxygen atoms in total. The SMILES string of the molecule is COC(=O)/C=C(/Nc1cc(F)ccc1N1CCN(C(=O)OC(C)(C)C)CC1)C(=O)OC. The van der Waals surface area contributed by atoms with Crippen LogP contribution in [0, 0.1) is 5.82 Å². The van der Waals surface area contributed by atoms with Gasteiger partial charge in [-0.15, -0.1) is 0 Å². The third kappa shape index (κ3) is 6.87. The van der Waals surface area contributed by atoms with E-state index in [1.165, 1.54) is 19.2 Å². The second-order valence-corrected chi connectivity index (χ2v) is 7.81. The van der Waals surface area contributed by atoms with Crippen LogP contribution in [0.15, 0.2) is 30.0 Å². The van der Waals surface area contributed by atoms with Crippen LogP contribution in [0.5, 0.6) is 0 Å². The van der Waals surface area contributed by atoms with Gasteiger partial charge < -0.3 is 29.3 Å². The van der Waals surface area contributed by atoms with Crippen LogP contribution >= 0.6 is 0 Å². The Labute approximate surface area is 180 Å². The first kappa shape index (κ1) is 24.0. The van der Waals surface area contributed by atoms with Crippen molar-refractivity contribution in [2.24, 2.45) is 0 Å². The van der Waals surface area contributed by atoms with E-state index >= 15 is 0 Å². The first-order valence-electron chi connectivity index (χ1n) is 9.71. The summed E-state index contributed by atoms with van der Waals surface area (Å²) < 4.78 is 28.6. The molecule has 0 radical (unpaired) electrons. The Morgan fingerprint density at radius 2 is 1.71 bits per heavy atom. The minimum absolute atomic E-state index is 0.200. The molecule has 1 aliphatic heterocycles. The number of carbonyl (C=O) groups excluding carboxylic acids is 3. The zero-order valence-corrected chi connectivity index (χ0v) is 18.4. The maximum absolute atomic E-state index is 13.9. The summed E-state index contributed by atoms with van der Waals surface area (Å²) in [5.74, 6) is -2.10.